The van der Waals surface area contributed by atoms with Gasteiger partial charge in [-0.05, 0) is 23.3 Å². The Morgan fingerprint density at radius 1 is 0.880 bits per heavy atom. The third-order valence-corrected chi connectivity index (χ3v) is 3.74. The zero-order chi connectivity index (χ0) is 18.0. The first-order chi connectivity index (χ1) is 11.8. The van der Waals surface area contributed by atoms with E-state index in [1.54, 1.807) is 48.5 Å². The fourth-order valence-electron chi connectivity index (χ4n) is 2.67. The van der Waals surface area contributed by atoms with E-state index in [1.165, 1.54) is 0 Å². The van der Waals surface area contributed by atoms with Gasteiger partial charge in [-0.2, -0.15) is 13.2 Å². The fraction of sp³-hybridized carbons (Fsp3) is 0.222. The van der Waals surface area contributed by atoms with Crippen molar-refractivity contribution in [3.8, 4) is 0 Å². The number of alkyl halides is 3. The molecule has 0 aliphatic carbocycles. The Bertz CT molecular complexity index is 782. The maximum atomic E-state index is 12.3. The van der Waals surface area contributed by atoms with Crippen LogP contribution in [-0.4, -0.2) is 29.5 Å². The molecule has 7 heteroatoms. The number of imide groups is 1. The molecule has 1 aliphatic heterocycles. The average molecular weight is 349 g/mol. The molecule has 0 atom stereocenters. The quantitative estimate of drug-likeness (QED) is 0.776. The lowest BCUT2D eigenvalue weighted by Crippen LogP contribution is -2.29. The monoisotopic (exact) mass is 349 g/mol. The molecule has 0 spiro atoms. The summed E-state index contributed by atoms with van der Waals surface area (Å²) in [6.07, 6.45) is -4.38. The van der Waals surface area contributed by atoms with Gasteiger partial charge in [0.15, 0.2) is 0 Å². The first-order valence-corrected chi connectivity index (χ1v) is 7.53. The van der Waals surface area contributed by atoms with E-state index in [9.17, 15) is 22.8 Å². The van der Waals surface area contributed by atoms with Crippen LogP contribution in [-0.2, 0) is 17.9 Å². The molecule has 1 aliphatic rings. The van der Waals surface area contributed by atoms with Crippen LogP contribution < -0.4 is 0 Å². The Balaban J connectivity index is 1.69. The minimum Gasteiger partial charge on any atom is -0.367 e. The number of benzene rings is 2. The van der Waals surface area contributed by atoms with Crippen molar-refractivity contribution in [2.45, 2.75) is 19.3 Å². The highest BCUT2D eigenvalue weighted by atomic mass is 19.4. The minimum atomic E-state index is -4.38. The number of halogens is 3. The van der Waals surface area contributed by atoms with Crippen LogP contribution in [0, 0.1) is 0 Å². The summed E-state index contributed by atoms with van der Waals surface area (Å²) in [6, 6.07) is 13.2. The molecule has 0 aromatic heterocycles. The van der Waals surface area contributed by atoms with E-state index in [0.717, 1.165) is 4.90 Å². The molecule has 130 valence electrons. The standard InChI is InChI=1S/C18H14F3NO3/c19-18(20,21)11-25-10-13-5-3-4-12(8-13)9-22-16(23)14-6-1-2-7-15(14)17(22)24/h1-8H,9-11H2. The minimum absolute atomic E-state index is 0.0550. The normalized spacial score (nSPS) is 14.1. The summed E-state index contributed by atoms with van der Waals surface area (Å²) in [5, 5.41) is 0. The number of nitrogens with zero attached hydrogens (tertiary/aromatic N) is 1. The van der Waals surface area contributed by atoms with Gasteiger partial charge in [0.2, 0.25) is 0 Å². The van der Waals surface area contributed by atoms with Crippen molar-refractivity contribution < 1.29 is 27.5 Å². The number of hydrogen-bond donors (Lipinski definition) is 0. The van der Waals surface area contributed by atoms with Gasteiger partial charge in [0.1, 0.15) is 6.61 Å². The van der Waals surface area contributed by atoms with Gasteiger partial charge in [-0.1, -0.05) is 36.4 Å². The van der Waals surface area contributed by atoms with Crippen LogP contribution in [0.1, 0.15) is 31.8 Å². The third kappa shape index (κ3) is 3.88. The van der Waals surface area contributed by atoms with Gasteiger partial charge >= 0.3 is 6.18 Å². The molecule has 0 unspecified atom stereocenters. The molecular weight excluding hydrogens is 335 g/mol. The molecule has 1 heterocycles. The highest BCUT2D eigenvalue weighted by Crippen LogP contribution is 2.24. The topological polar surface area (TPSA) is 46.6 Å². The molecule has 3 rings (SSSR count). The molecule has 0 N–H and O–H groups in total. The van der Waals surface area contributed by atoms with E-state index in [4.69, 9.17) is 0 Å². The smallest absolute Gasteiger partial charge is 0.367 e. The van der Waals surface area contributed by atoms with Crippen molar-refractivity contribution in [3.05, 3.63) is 70.8 Å². The molecule has 0 saturated heterocycles. The van der Waals surface area contributed by atoms with E-state index in [0.29, 0.717) is 22.3 Å². The SMILES string of the molecule is O=C1c2ccccc2C(=O)N1Cc1cccc(COCC(F)(F)F)c1. The molecule has 0 fully saturated rings. The van der Waals surface area contributed by atoms with Crippen molar-refractivity contribution in [2.75, 3.05) is 6.61 Å². The summed E-state index contributed by atoms with van der Waals surface area (Å²) in [6.45, 7) is -1.47. The predicted octanol–water partition coefficient (Wildman–Crippen LogP) is 3.56. The van der Waals surface area contributed by atoms with Crippen molar-refractivity contribution >= 4 is 11.8 Å². The zero-order valence-corrected chi connectivity index (χ0v) is 13.0. The van der Waals surface area contributed by atoms with Gasteiger partial charge in [0, 0.05) is 0 Å². The van der Waals surface area contributed by atoms with Crippen LogP contribution in [0.4, 0.5) is 13.2 Å². The second kappa shape index (κ2) is 6.68. The highest BCUT2D eigenvalue weighted by molar-refractivity contribution is 6.21. The van der Waals surface area contributed by atoms with Crippen LogP contribution >= 0.6 is 0 Å². The molecule has 0 radical (unpaired) electrons. The lowest BCUT2D eigenvalue weighted by molar-refractivity contribution is -0.176. The van der Waals surface area contributed by atoms with Gasteiger partial charge < -0.3 is 4.74 Å². The highest BCUT2D eigenvalue weighted by Gasteiger charge is 2.35. The summed E-state index contributed by atoms with van der Waals surface area (Å²) in [4.78, 5) is 25.8. The predicted molar refractivity (Wildman–Crippen MR) is 82.8 cm³/mol. The van der Waals surface area contributed by atoms with Crippen molar-refractivity contribution in [2.24, 2.45) is 0 Å². The van der Waals surface area contributed by atoms with E-state index < -0.39 is 12.8 Å². The Morgan fingerprint density at radius 3 is 2.08 bits per heavy atom. The molecule has 25 heavy (non-hydrogen) atoms. The lowest BCUT2D eigenvalue weighted by atomic mass is 10.1. The van der Waals surface area contributed by atoms with Crippen LogP contribution in [0.25, 0.3) is 0 Å². The fourth-order valence-corrected chi connectivity index (χ4v) is 2.67. The average Bonchev–Trinajstić information content (AvgIpc) is 2.80. The van der Waals surface area contributed by atoms with E-state index in [-0.39, 0.29) is 25.0 Å². The number of amides is 2. The Hall–Kier alpha value is -2.67. The maximum absolute atomic E-state index is 12.3. The van der Waals surface area contributed by atoms with Crippen molar-refractivity contribution in [1.82, 2.24) is 4.90 Å². The molecule has 4 nitrogen and oxygen atoms in total. The Labute approximate surface area is 141 Å². The second-order valence-corrected chi connectivity index (χ2v) is 5.67. The number of rotatable bonds is 5. The van der Waals surface area contributed by atoms with Gasteiger partial charge in [-0.15, -0.1) is 0 Å². The van der Waals surface area contributed by atoms with Gasteiger partial charge in [-0.3, -0.25) is 14.5 Å². The summed E-state index contributed by atoms with van der Waals surface area (Å²) in [7, 11) is 0. The first-order valence-electron chi connectivity index (χ1n) is 7.53. The van der Waals surface area contributed by atoms with E-state index in [2.05, 4.69) is 4.74 Å². The van der Waals surface area contributed by atoms with Gasteiger partial charge in [0.05, 0.1) is 24.3 Å². The number of hydrogen-bond acceptors (Lipinski definition) is 3. The van der Waals surface area contributed by atoms with Crippen molar-refractivity contribution in [3.63, 3.8) is 0 Å². The van der Waals surface area contributed by atoms with Crippen LogP contribution in [0.2, 0.25) is 0 Å². The molecule has 2 amide bonds. The van der Waals surface area contributed by atoms with Gasteiger partial charge in [0.25, 0.3) is 11.8 Å². The first kappa shape index (κ1) is 17.2. The lowest BCUT2D eigenvalue weighted by Gasteiger charge is -2.15. The number of carbonyl (C=O) groups is 2. The molecule has 0 bridgehead atoms. The van der Waals surface area contributed by atoms with E-state index >= 15 is 0 Å². The van der Waals surface area contributed by atoms with Crippen LogP contribution in [0.3, 0.4) is 0 Å². The summed E-state index contributed by atoms with van der Waals surface area (Å²) in [5.41, 5.74) is 1.90. The molecule has 2 aromatic rings. The number of carbonyl (C=O) groups excluding carboxylic acids is 2. The largest absolute Gasteiger partial charge is 0.411 e. The van der Waals surface area contributed by atoms with Crippen LogP contribution in [0.5, 0.6) is 0 Å². The molecular formula is C18H14F3NO3. The van der Waals surface area contributed by atoms with Crippen molar-refractivity contribution in [1.29, 1.82) is 0 Å². The summed E-state index contributed by atoms with van der Waals surface area (Å²) >= 11 is 0. The molecule has 0 saturated carbocycles. The van der Waals surface area contributed by atoms with Crippen LogP contribution in [0.15, 0.2) is 48.5 Å². The summed E-state index contributed by atoms with van der Waals surface area (Å²) < 4.78 is 41.0. The second-order valence-electron chi connectivity index (χ2n) is 5.67. The third-order valence-electron chi connectivity index (χ3n) is 3.74. The zero-order valence-electron chi connectivity index (χ0n) is 13.0. The Kier molecular flexibility index (Phi) is 4.59. The number of ether oxygens (including phenoxy) is 1. The summed E-state index contributed by atoms with van der Waals surface area (Å²) in [5.74, 6) is -0.751. The van der Waals surface area contributed by atoms with E-state index in [1.807, 2.05) is 0 Å². The maximum Gasteiger partial charge on any atom is 0.411 e. The number of fused-ring (bicyclic) bond motifs is 1. The Morgan fingerprint density at radius 2 is 1.48 bits per heavy atom. The van der Waals surface area contributed by atoms with Gasteiger partial charge in [-0.25, -0.2) is 0 Å². The molecule has 2 aromatic carbocycles.